The van der Waals surface area contributed by atoms with Gasteiger partial charge in [-0.05, 0) is 24.1 Å². The molecule has 1 aromatic rings. The Kier molecular flexibility index (Phi) is 4.58. The van der Waals surface area contributed by atoms with E-state index in [0.717, 1.165) is 5.56 Å². The van der Waals surface area contributed by atoms with Crippen LogP contribution >= 0.6 is 0 Å². The third-order valence-electron chi connectivity index (χ3n) is 5.96. The summed E-state index contributed by atoms with van der Waals surface area (Å²) in [6, 6.07) is 6.63. The molecule has 6 heteroatoms. The number of β-amino-alcohol motifs (C(OH)–C–C–N with tert-alkyl or cyclic N) is 2. The van der Waals surface area contributed by atoms with Crippen molar-refractivity contribution < 1.29 is 24.1 Å². The predicted molar refractivity (Wildman–Crippen MR) is 89.9 cm³/mol. The number of aliphatic hydroxyl groups excluding tert-OH is 1. The van der Waals surface area contributed by atoms with Gasteiger partial charge in [0.05, 0.1) is 18.3 Å². The summed E-state index contributed by atoms with van der Waals surface area (Å²) in [5.41, 5.74) is -0.437. The molecule has 0 saturated carbocycles. The highest BCUT2D eigenvalue weighted by Crippen LogP contribution is 2.43. The molecule has 1 aromatic carbocycles. The lowest BCUT2D eigenvalue weighted by Gasteiger charge is -2.35. The number of nitrogens with zero attached hydrogens (tertiary/aromatic N) is 1. The fraction of sp³-hybridized carbons (Fsp3) is 0.684. The van der Waals surface area contributed by atoms with E-state index in [0.29, 0.717) is 58.7 Å². The second-order valence-corrected chi connectivity index (χ2v) is 7.85. The molecule has 1 spiro atoms. The number of likely N-dealkylation sites (tertiary alicyclic amines) is 1. The SMILES string of the molecule is O[C@@H]1CN(CC2(O)CCOCC2)C[C@]12C[C@@H](c1cccc(F)c1)CO2. The first kappa shape index (κ1) is 17.4. The van der Waals surface area contributed by atoms with E-state index in [1.807, 2.05) is 6.07 Å². The predicted octanol–water partition coefficient (Wildman–Crippen LogP) is 1.29. The summed E-state index contributed by atoms with van der Waals surface area (Å²) in [5, 5.41) is 21.4. The largest absolute Gasteiger partial charge is 0.389 e. The Bertz CT molecular complexity index is 621. The second kappa shape index (κ2) is 6.59. The van der Waals surface area contributed by atoms with Crippen molar-refractivity contribution in [2.75, 3.05) is 39.5 Å². The maximum atomic E-state index is 13.5. The van der Waals surface area contributed by atoms with Crippen LogP contribution in [0, 0.1) is 5.82 Å². The van der Waals surface area contributed by atoms with Crippen molar-refractivity contribution in [3.05, 3.63) is 35.6 Å². The summed E-state index contributed by atoms with van der Waals surface area (Å²) in [6.45, 7) is 3.28. The molecule has 138 valence electrons. The van der Waals surface area contributed by atoms with Crippen LogP contribution in [-0.4, -0.2) is 71.9 Å². The molecule has 0 aliphatic carbocycles. The third-order valence-corrected chi connectivity index (χ3v) is 5.96. The van der Waals surface area contributed by atoms with Crippen molar-refractivity contribution in [3.63, 3.8) is 0 Å². The van der Waals surface area contributed by atoms with E-state index in [-0.39, 0.29) is 11.7 Å². The standard InChI is InChI=1S/C19H26FNO4/c20-16-3-1-2-14(8-16)15-9-19(25-11-15)13-21(10-17(19)22)12-18(23)4-6-24-7-5-18/h1-3,8,15,17,22-23H,4-7,9-13H2/t15-,17-,19-/m1/s1. The zero-order valence-corrected chi connectivity index (χ0v) is 14.4. The van der Waals surface area contributed by atoms with Gasteiger partial charge in [-0.2, -0.15) is 0 Å². The number of hydrogen-bond donors (Lipinski definition) is 2. The molecule has 3 heterocycles. The molecule has 2 N–H and O–H groups in total. The first-order chi connectivity index (χ1) is 12.0. The van der Waals surface area contributed by atoms with Crippen molar-refractivity contribution in [1.82, 2.24) is 4.90 Å². The summed E-state index contributed by atoms with van der Waals surface area (Å²) in [5.74, 6) is -0.148. The lowest BCUT2D eigenvalue weighted by Crippen LogP contribution is -2.47. The molecule has 3 aliphatic heterocycles. The van der Waals surface area contributed by atoms with Gasteiger partial charge in [-0.25, -0.2) is 4.39 Å². The molecule has 25 heavy (non-hydrogen) atoms. The van der Waals surface area contributed by atoms with E-state index in [1.54, 1.807) is 12.1 Å². The zero-order chi connectivity index (χ0) is 17.5. The first-order valence-electron chi connectivity index (χ1n) is 9.08. The molecule has 3 aliphatic rings. The molecule has 0 radical (unpaired) electrons. The number of aliphatic hydroxyl groups is 2. The van der Waals surface area contributed by atoms with Crippen LogP contribution in [0.4, 0.5) is 4.39 Å². The van der Waals surface area contributed by atoms with Crippen LogP contribution in [0.5, 0.6) is 0 Å². The van der Waals surface area contributed by atoms with Crippen molar-refractivity contribution in [1.29, 1.82) is 0 Å². The van der Waals surface area contributed by atoms with Crippen molar-refractivity contribution in [2.45, 2.75) is 42.5 Å². The minimum absolute atomic E-state index is 0.0940. The molecule has 0 amide bonds. The molecule has 3 saturated heterocycles. The fourth-order valence-electron chi connectivity index (χ4n) is 4.52. The summed E-state index contributed by atoms with van der Waals surface area (Å²) in [6.07, 6.45) is 1.34. The lowest BCUT2D eigenvalue weighted by atomic mass is 9.87. The average Bonchev–Trinajstić information content (AvgIpc) is 3.12. The molecular weight excluding hydrogens is 325 g/mol. The highest BCUT2D eigenvalue weighted by atomic mass is 19.1. The van der Waals surface area contributed by atoms with Crippen LogP contribution < -0.4 is 0 Å². The molecule has 0 bridgehead atoms. The number of hydrogen-bond acceptors (Lipinski definition) is 5. The van der Waals surface area contributed by atoms with E-state index < -0.39 is 17.3 Å². The Morgan fingerprint density at radius 2 is 2.08 bits per heavy atom. The van der Waals surface area contributed by atoms with Crippen LogP contribution in [0.15, 0.2) is 24.3 Å². The monoisotopic (exact) mass is 351 g/mol. The van der Waals surface area contributed by atoms with Crippen molar-refractivity contribution in [2.24, 2.45) is 0 Å². The third kappa shape index (κ3) is 3.46. The highest BCUT2D eigenvalue weighted by molar-refractivity contribution is 5.24. The van der Waals surface area contributed by atoms with Crippen LogP contribution in [0.3, 0.4) is 0 Å². The maximum Gasteiger partial charge on any atom is 0.123 e. The van der Waals surface area contributed by atoms with Gasteiger partial charge in [0.1, 0.15) is 11.4 Å². The Balaban J connectivity index is 1.43. The van der Waals surface area contributed by atoms with Crippen LogP contribution in [-0.2, 0) is 9.47 Å². The van der Waals surface area contributed by atoms with Crippen LogP contribution in [0.2, 0.25) is 0 Å². The minimum Gasteiger partial charge on any atom is -0.389 e. The van der Waals surface area contributed by atoms with Crippen molar-refractivity contribution >= 4 is 0 Å². The van der Waals surface area contributed by atoms with E-state index in [1.165, 1.54) is 6.07 Å². The van der Waals surface area contributed by atoms with Gasteiger partial charge in [0.15, 0.2) is 0 Å². The average molecular weight is 351 g/mol. The van der Waals surface area contributed by atoms with E-state index in [4.69, 9.17) is 9.47 Å². The van der Waals surface area contributed by atoms with Crippen LogP contribution in [0.1, 0.15) is 30.7 Å². The molecule has 3 fully saturated rings. The minimum atomic E-state index is -0.746. The normalized spacial score (nSPS) is 35.5. The molecule has 0 aromatic heterocycles. The van der Waals surface area contributed by atoms with Gasteiger partial charge in [-0.1, -0.05) is 12.1 Å². The van der Waals surface area contributed by atoms with Crippen molar-refractivity contribution in [3.8, 4) is 0 Å². The highest BCUT2D eigenvalue weighted by Gasteiger charge is 2.53. The molecule has 5 nitrogen and oxygen atoms in total. The Morgan fingerprint density at radius 1 is 1.28 bits per heavy atom. The topological polar surface area (TPSA) is 62.2 Å². The Morgan fingerprint density at radius 3 is 2.84 bits per heavy atom. The number of ether oxygens (including phenoxy) is 2. The summed E-state index contributed by atoms with van der Waals surface area (Å²) in [7, 11) is 0. The lowest BCUT2D eigenvalue weighted by molar-refractivity contribution is -0.0814. The number of rotatable bonds is 3. The maximum absolute atomic E-state index is 13.5. The molecule has 3 atom stereocenters. The molecule has 4 rings (SSSR count). The summed E-state index contributed by atoms with van der Waals surface area (Å²) in [4.78, 5) is 2.10. The fourth-order valence-corrected chi connectivity index (χ4v) is 4.52. The quantitative estimate of drug-likeness (QED) is 0.859. The van der Waals surface area contributed by atoms with E-state index in [9.17, 15) is 14.6 Å². The van der Waals surface area contributed by atoms with Gasteiger partial charge in [0.25, 0.3) is 0 Å². The number of benzene rings is 1. The Labute approximate surface area is 147 Å². The second-order valence-electron chi connectivity index (χ2n) is 7.85. The smallest absolute Gasteiger partial charge is 0.123 e. The molecule has 0 unspecified atom stereocenters. The summed E-state index contributed by atoms with van der Waals surface area (Å²) < 4.78 is 24.9. The van der Waals surface area contributed by atoms with Gasteiger partial charge in [-0.3, -0.25) is 4.90 Å². The van der Waals surface area contributed by atoms with Gasteiger partial charge in [0.2, 0.25) is 0 Å². The summed E-state index contributed by atoms with van der Waals surface area (Å²) >= 11 is 0. The first-order valence-corrected chi connectivity index (χ1v) is 9.08. The van der Waals surface area contributed by atoms with E-state index >= 15 is 0 Å². The van der Waals surface area contributed by atoms with Gasteiger partial charge >= 0.3 is 0 Å². The van der Waals surface area contributed by atoms with Gasteiger partial charge in [0, 0.05) is 51.6 Å². The van der Waals surface area contributed by atoms with E-state index in [2.05, 4.69) is 4.90 Å². The Hall–Kier alpha value is -1.05. The van der Waals surface area contributed by atoms with Crippen LogP contribution in [0.25, 0.3) is 0 Å². The zero-order valence-electron chi connectivity index (χ0n) is 14.4. The van der Waals surface area contributed by atoms with Gasteiger partial charge < -0.3 is 19.7 Å². The number of halogens is 1. The van der Waals surface area contributed by atoms with Gasteiger partial charge in [-0.15, -0.1) is 0 Å². The molecular formula is C19H26FNO4.